The molecule has 0 aromatic carbocycles. The standard InChI is InChI=1S/C6H10O5.BrH/c7-1-2(8)5-4(10)6(11-5)3(1)9;/h1-10H;1H/t1?,2-,3+,4?,5+,6?;/m0./s1. The lowest BCUT2D eigenvalue weighted by atomic mass is 9.79. The average molecular weight is 243 g/mol. The normalized spacial score (nSPS) is 57.0. The Bertz CT molecular complexity index is 157. The van der Waals surface area contributed by atoms with Crippen LogP contribution >= 0.6 is 17.0 Å². The molecule has 0 radical (unpaired) electrons. The van der Waals surface area contributed by atoms with Crippen molar-refractivity contribution in [2.24, 2.45) is 0 Å². The molecule has 3 unspecified atom stereocenters. The molecule has 0 spiro atoms. The molecule has 6 atom stereocenters. The number of hydrogen-bond donors (Lipinski definition) is 4. The summed E-state index contributed by atoms with van der Waals surface area (Å²) in [6.07, 6.45) is -5.84. The zero-order valence-corrected chi connectivity index (χ0v) is 7.78. The smallest absolute Gasteiger partial charge is 0.115 e. The average Bonchev–Trinajstić information content (AvgIpc) is 1.97. The Morgan fingerprint density at radius 3 is 1.42 bits per heavy atom. The minimum Gasteiger partial charge on any atom is -0.387 e. The molecule has 2 bridgehead atoms. The van der Waals surface area contributed by atoms with Gasteiger partial charge in [-0.2, -0.15) is 0 Å². The number of aliphatic hydroxyl groups excluding tert-OH is 4. The molecule has 2 aliphatic heterocycles. The van der Waals surface area contributed by atoms with Gasteiger partial charge in [-0.1, -0.05) is 0 Å². The van der Waals surface area contributed by atoms with Crippen molar-refractivity contribution < 1.29 is 25.2 Å². The van der Waals surface area contributed by atoms with Crippen LogP contribution in [0, 0.1) is 0 Å². The van der Waals surface area contributed by atoms with Crippen molar-refractivity contribution in [3.05, 3.63) is 0 Å². The summed E-state index contributed by atoms with van der Waals surface area (Å²) in [4.78, 5) is 0. The summed E-state index contributed by atoms with van der Waals surface area (Å²) in [5, 5.41) is 36.5. The number of fused-ring (bicyclic) bond motifs is 2. The Morgan fingerprint density at radius 2 is 1.08 bits per heavy atom. The summed E-state index contributed by atoms with van der Waals surface area (Å²) >= 11 is 0. The van der Waals surface area contributed by atoms with Crippen molar-refractivity contribution in [3.63, 3.8) is 0 Å². The highest BCUT2D eigenvalue weighted by Gasteiger charge is 2.58. The minimum absolute atomic E-state index is 0. The van der Waals surface area contributed by atoms with Crippen LogP contribution in [0.4, 0.5) is 0 Å². The van der Waals surface area contributed by atoms with Gasteiger partial charge < -0.3 is 25.2 Å². The van der Waals surface area contributed by atoms with Crippen LogP contribution in [0.2, 0.25) is 0 Å². The molecule has 5 nitrogen and oxygen atoms in total. The first-order chi connectivity index (χ1) is 5.13. The maximum absolute atomic E-state index is 9.13. The van der Waals surface area contributed by atoms with E-state index in [4.69, 9.17) is 25.2 Å². The van der Waals surface area contributed by atoms with E-state index in [2.05, 4.69) is 0 Å². The molecule has 72 valence electrons. The quantitative estimate of drug-likeness (QED) is 0.387. The molecule has 4 N–H and O–H groups in total. The summed E-state index contributed by atoms with van der Waals surface area (Å²) in [7, 11) is 0. The van der Waals surface area contributed by atoms with E-state index in [9.17, 15) is 0 Å². The van der Waals surface area contributed by atoms with Gasteiger partial charge >= 0.3 is 0 Å². The second kappa shape index (κ2) is 3.21. The van der Waals surface area contributed by atoms with Crippen LogP contribution in [0.5, 0.6) is 0 Å². The van der Waals surface area contributed by atoms with Crippen LogP contribution in [0.1, 0.15) is 0 Å². The fourth-order valence-electron chi connectivity index (χ4n) is 1.60. The van der Waals surface area contributed by atoms with Gasteiger partial charge in [-0.3, -0.25) is 0 Å². The SMILES string of the molecule is Br.OC1[C@@H](O)C2O[C@@H](C2O)[C@H]1O. The molecule has 6 heteroatoms. The van der Waals surface area contributed by atoms with Crippen molar-refractivity contribution in [2.45, 2.75) is 36.6 Å². The van der Waals surface area contributed by atoms with E-state index in [1.54, 1.807) is 0 Å². The third-order valence-corrected chi connectivity index (χ3v) is 2.36. The van der Waals surface area contributed by atoms with E-state index in [1.807, 2.05) is 0 Å². The third-order valence-electron chi connectivity index (χ3n) is 2.36. The van der Waals surface area contributed by atoms with Crippen molar-refractivity contribution in [1.82, 2.24) is 0 Å². The molecule has 1 aliphatic carbocycles. The van der Waals surface area contributed by atoms with E-state index >= 15 is 0 Å². The maximum Gasteiger partial charge on any atom is 0.115 e. The van der Waals surface area contributed by atoms with Crippen LogP contribution < -0.4 is 0 Å². The first kappa shape index (κ1) is 10.4. The fourth-order valence-corrected chi connectivity index (χ4v) is 1.60. The van der Waals surface area contributed by atoms with E-state index in [0.717, 1.165) is 0 Å². The molecule has 0 aromatic heterocycles. The Kier molecular flexibility index (Phi) is 2.77. The lowest BCUT2D eigenvalue weighted by molar-refractivity contribution is -0.339. The van der Waals surface area contributed by atoms with E-state index in [1.165, 1.54) is 0 Å². The summed E-state index contributed by atoms with van der Waals surface area (Å²) in [5.41, 5.74) is 0. The number of rotatable bonds is 0. The van der Waals surface area contributed by atoms with Gasteiger partial charge in [0, 0.05) is 0 Å². The summed E-state index contributed by atoms with van der Waals surface area (Å²) < 4.78 is 4.87. The topological polar surface area (TPSA) is 90.2 Å². The molecule has 0 amide bonds. The van der Waals surface area contributed by atoms with Gasteiger partial charge in [-0.25, -0.2) is 0 Å². The second-order valence-corrected chi connectivity index (χ2v) is 3.03. The number of aliphatic hydroxyl groups is 4. The number of ether oxygens (including phenoxy) is 1. The van der Waals surface area contributed by atoms with E-state index in [-0.39, 0.29) is 17.0 Å². The molecular weight excluding hydrogens is 232 g/mol. The van der Waals surface area contributed by atoms with Gasteiger partial charge in [0.05, 0.1) is 0 Å². The highest BCUT2D eigenvalue weighted by molar-refractivity contribution is 8.93. The van der Waals surface area contributed by atoms with Crippen molar-refractivity contribution in [2.75, 3.05) is 0 Å². The van der Waals surface area contributed by atoms with Gasteiger partial charge in [0.2, 0.25) is 0 Å². The zero-order valence-electron chi connectivity index (χ0n) is 6.07. The highest BCUT2D eigenvalue weighted by atomic mass is 79.9. The predicted molar refractivity (Wildman–Crippen MR) is 43.0 cm³/mol. The Balaban J connectivity index is 0.000000720. The molecule has 12 heavy (non-hydrogen) atoms. The first-order valence-corrected chi connectivity index (χ1v) is 3.50. The van der Waals surface area contributed by atoms with Crippen LogP contribution in [-0.4, -0.2) is 57.0 Å². The fraction of sp³-hybridized carbons (Fsp3) is 1.00. The van der Waals surface area contributed by atoms with E-state index < -0.39 is 36.6 Å². The van der Waals surface area contributed by atoms with Gasteiger partial charge in [0.25, 0.3) is 0 Å². The zero-order chi connectivity index (χ0) is 8.17. The predicted octanol–water partition coefficient (Wildman–Crippen LogP) is -2.21. The molecule has 2 saturated heterocycles. The molecule has 3 fully saturated rings. The van der Waals surface area contributed by atoms with Crippen molar-refractivity contribution in [3.8, 4) is 0 Å². The van der Waals surface area contributed by atoms with Crippen molar-refractivity contribution >= 4 is 17.0 Å². The van der Waals surface area contributed by atoms with Gasteiger partial charge in [0.1, 0.15) is 36.6 Å². The molecular formula is C6H11BrO5. The Hall–Kier alpha value is 0.280. The molecule has 3 aliphatic rings. The van der Waals surface area contributed by atoms with Crippen molar-refractivity contribution in [1.29, 1.82) is 0 Å². The third kappa shape index (κ3) is 1.11. The second-order valence-electron chi connectivity index (χ2n) is 3.03. The van der Waals surface area contributed by atoms with Gasteiger partial charge in [-0.15, -0.1) is 17.0 Å². The summed E-state index contributed by atoms with van der Waals surface area (Å²) in [6, 6.07) is 0. The largest absolute Gasteiger partial charge is 0.387 e. The lowest BCUT2D eigenvalue weighted by Gasteiger charge is -2.53. The van der Waals surface area contributed by atoms with Crippen LogP contribution in [0.25, 0.3) is 0 Å². The number of hydrogen-bond acceptors (Lipinski definition) is 5. The molecule has 3 rings (SSSR count). The lowest BCUT2D eigenvalue weighted by Crippen LogP contribution is -2.74. The highest BCUT2D eigenvalue weighted by Crippen LogP contribution is 2.35. The molecule has 2 heterocycles. The first-order valence-electron chi connectivity index (χ1n) is 3.50. The Labute approximate surface area is 79.4 Å². The maximum atomic E-state index is 9.13. The summed E-state index contributed by atoms with van der Waals surface area (Å²) in [5.74, 6) is 0. The van der Waals surface area contributed by atoms with Crippen LogP contribution in [0.3, 0.4) is 0 Å². The van der Waals surface area contributed by atoms with Crippen LogP contribution in [-0.2, 0) is 4.74 Å². The van der Waals surface area contributed by atoms with E-state index in [0.29, 0.717) is 0 Å². The minimum atomic E-state index is -1.19. The number of halogens is 1. The molecule has 0 aromatic rings. The molecule has 1 saturated carbocycles. The van der Waals surface area contributed by atoms with Crippen LogP contribution in [0.15, 0.2) is 0 Å². The Morgan fingerprint density at radius 1 is 0.667 bits per heavy atom. The summed E-state index contributed by atoms with van der Waals surface area (Å²) in [6.45, 7) is 0. The van der Waals surface area contributed by atoms with Gasteiger partial charge in [-0.05, 0) is 0 Å². The monoisotopic (exact) mass is 242 g/mol. The van der Waals surface area contributed by atoms with Gasteiger partial charge in [0.15, 0.2) is 0 Å².